The second-order valence-electron chi connectivity index (χ2n) is 9.38. The van der Waals surface area contributed by atoms with E-state index < -0.39 is 12.1 Å². The summed E-state index contributed by atoms with van der Waals surface area (Å²) in [6.45, 7) is 4.15. The molecular formula is C30H35NO6. The smallest absolute Gasteiger partial charge is 0.335 e. The Kier molecular flexibility index (Phi) is 9.65. The molecule has 2 unspecified atom stereocenters. The second-order valence-corrected chi connectivity index (χ2v) is 9.38. The molecule has 0 aliphatic heterocycles. The molecule has 196 valence electrons. The number of hydrogen-bond donors (Lipinski definition) is 1. The van der Waals surface area contributed by atoms with E-state index >= 15 is 0 Å². The highest BCUT2D eigenvalue weighted by Crippen LogP contribution is 2.34. The van der Waals surface area contributed by atoms with Crippen LogP contribution in [0.15, 0.2) is 71.5 Å². The van der Waals surface area contributed by atoms with Crippen LogP contribution in [0.3, 0.4) is 0 Å². The third-order valence-corrected chi connectivity index (χ3v) is 6.67. The van der Waals surface area contributed by atoms with E-state index in [1.54, 1.807) is 0 Å². The van der Waals surface area contributed by atoms with E-state index in [-0.39, 0.29) is 31.5 Å². The number of carbonyl (C=O) groups is 1. The summed E-state index contributed by atoms with van der Waals surface area (Å²) in [7, 11) is 0. The molecule has 2 aromatic carbocycles. The highest BCUT2D eigenvalue weighted by molar-refractivity contribution is 5.72. The van der Waals surface area contributed by atoms with E-state index in [1.807, 2.05) is 61.5 Å². The third kappa shape index (κ3) is 7.61. The maximum absolute atomic E-state index is 11.7. The molecule has 1 saturated carbocycles. The molecule has 1 fully saturated rings. The number of oxazole rings is 1. The van der Waals surface area contributed by atoms with Crippen LogP contribution in [0.2, 0.25) is 0 Å². The lowest BCUT2D eigenvalue weighted by Gasteiger charge is -2.32. The Hall–Kier alpha value is -3.26. The quantitative estimate of drug-likeness (QED) is 0.327. The van der Waals surface area contributed by atoms with Crippen molar-refractivity contribution in [2.75, 3.05) is 13.2 Å². The van der Waals surface area contributed by atoms with Gasteiger partial charge in [0.15, 0.2) is 12.5 Å². The van der Waals surface area contributed by atoms with Crippen LogP contribution in [-0.4, -0.2) is 47.6 Å². The molecule has 1 aromatic heterocycles. The van der Waals surface area contributed by atoms with E-state index in [0.29, 0.717) is 6.42 Å². The van der Waals surface area contributed by atoms with Gasteiger partial charge >= 0.3 is 5.97 Å². The van der Waals surface area contributed by atoms with Gasteiger partial charge in [-0.3, -0.25) is 0 Å². The minimum atomic E-state index is -1.03. The Morgan fingerprint density at radius 2 is 1.86 bits per heavy atom. The first-order valence-corrected chi connectivity index (χ1v) is 12.8. The molecule has 7 nitrogen and oxygen atoms in total. The number of ether oxygens (including phenoxy) is 3. The first-order valence-electron chi connectivity index (χ1n) is 12.8. The minimum absolute atomic E-state index is 0.00445. The predicted molar refractivity (Wildman–Crippen MR) is 140 cm³/mol. The summed E-state index contributed by atoms with van der Waals surface area (Å²) < 4.78 is 23.7. The summed E-state index contributed by atoms with van der Waals surface area (Å²) in [5, 5.41) is 9.60. The maximum atomic E-state index is 11.7. The SMILES string of the molecule is Cc1ccccc1C(O[C@H]1CCC[C@@H](OCC(OCC=Cc2ccccc2)C(=O)O)C1)c1ncoc1C. The summed E-state index contributed by atoms with van der Waals surface area (Å²) in [5.74, 6) is -0.294. The van der Waals surface area contributed by atoms with Crippen LogP contribution in [0, 0.1) is 13.8 Å². The van der Waals surface area contributed by atoms with Crippen LogP contribution in [0.4, 0.5) is 0 Å². The number of rotatable bonds is 12. The fourth-order valence-electron chi connectivity index (χ4n) is 4.64. The summed E-state index contributed by atoms with van der Waals surface area (Å²) in [5.41, 5.74) is 4.00. The van der Waals surface area contributed by atoms with Crippen molar-refractivity contribution < 1.29 is 28.5 Å². The zero-order chi connectivity index (χ0) is 26.0. The Bertz CT molecular complexity index is 1160. The van der Waals surface area contributed by atoms with Gasteiger partial charge in [0.1, 0.15) is 17.6 Å². The van der Waals surface area contributed by atoms with Gasteiger partial charge in [0.25, 0.3) is 0 Å². The van der Waals surface area contributed by atoms with Crippen molar-refractivity contribution >= 4 is 12.0 Å². The molecule has 4 rings (SSSR count). The zero-order valence-electron chi connectivity index (χ0n) is 21.4. The summed E-state index contributed by atoms with van der Waals surface area (Å²) in [4.78, 5) is 16.2. The number of carboxylic acids is 1. The Morgan fingerprint density at radius 1 is 1.11 bits per heavy atom. The molecule has 1 heterocycles. The van der Waals surface area contributed by atoms with E-state index in [1.165, 1.54) is 6.39 Å². The Balaban J connectivity index is 1.33. The molecule has 0 spiro atoms. The van der Waals surface area contributed by atoms with Crippen LogP contribution < -0.4 is 0 Å². The predicted octanol–water partition coefficient (Wildman–Crippen LogP) is 5.91. The molecule has 0 amide bonds. The van der Waals surface area contributed by atoms with Crippen LogP contribution >= 0.6 is 0 Å². The average molecular weight is 506 g/mol. The van der Waals surface area contributed by atoms with Crippen molar-refractivity contribution in [3.05, 3.63) is 95.2 Å². The van der Waals surface area contributed by atoms with E-state index in [4.69, 9.17) is 18.6 Å². The number of benzene rings is 2. The van der Waals surface area contributed by atoms with Gasteiger partial charge in [-0.1, -0.05) is 66.7 Å². The molecule has 3 aromatic rings. The van der Waals surface area contributed by atoms with Gasteiger partial charge in [0.2, 0.25) is 0 Å². The maximum Gasteiger partial charge on any atom is 0.335 e. The molecular weight excluding hydrogens is 470 g/mol. The molecule has 1 N–H and O–H groups in total. The molecule has 7 heteroatoms. The monoisotopic (exact) mass is 505 g/mol. The van der Waals surface area contributed by atoms with Crippen molar-refractivity contribution in [2.24, 2.45) is 0 Å². The zero-order valence-corrected chi connectivity index (χ0v) is 21.4. The highest BCUT2D eigenvalue weighted by atomic mass is 16.6. The molecule has 0 bridgehead atoms. The number of nitrogens with zero attached hydrogens (tertiary/aromatic N) is 1. The summed E-state index contributed by atoms with van der Waals surface area (Å²) >= 11 is 0. The summed E-state index contributed by atoms with van der Waals surface area (Å²) in [6, 6.07) is 17.9. The van der Waals surface area contributed by atoms with E-state index in [0.717, 1.165) is 47.4 Å². The molecule has 37 heavy (non-hydrogen) atoms. The number of aryl methyl sites for hydroxylation is 2. The van der Waals surface area contributed by atoms with Crippen molar-refractivity contribution in [3.63, 3.8) is 0 Å². The van der Waals surface area contributed by atoms with Crippen LogP contribution in [0.1, 0.15) is 59.9 Å². The lowest BCUT2D eigenvalue weighted by molar-refractivity contribution is -0.156. The van der Waals surface area contributed by atoms with Crippen LogP contribution in [0.25, 0.3) is 6.08 Å². The van der Waals surface area contributed by atoms with Crippen molar-refractivity contribution in [1.29, 1.82) is 0 Å². The largest absolute Gasteiger partial charge is 0.479 e. The van der Waals surface area contributed by atoms with Gasteiger partial charge < -0.3 is 23.7 Å². The van der Waals surface area contributed by atoms with Crippen LogP contribution in [0.5, 0.6) is 0 Å². The fraction of sp³-hybridized carbons (Fsp3) is 0.400. The van der Waals surface area contributed by atoms with Gasteiger partial charge in [-0.05, 0) is 56.2 Å². The lowest BCUT2D eigenvalue weighted by Crippen LogP contribution is -2.35. The average Bonchev–Trinajstić information content (AvgIpc) is 3.33. The topological polar surface area (TPSA) is 91.0 Å². The van der Waals surface area contributed by atoms with Crippen molar-refractivity contribution in [3.8, 4) is 0 Å². The Morgan fingerprint density at radius 3 is 2.59 bits per heavy atom. The highest BCUT2D eigenvalue weighted by Gasteiger charge is 2.31. The third-order valence-electron chi connectivity index (χ3n) is 6.67. The molecule has 1 aliphatic carbocycles. The van der Waals surface area contributed by atoms with Gasteiger partial charge in [-0.2, -0.15) is 0 Å². The number of carboxylic acid groups (broad SMARTS) is 1. The van der Waals surface area contributed by atoms with Crippen molar-refractivity contribution in [2.45, 2.75) is 63.9 Å². The van der Waals surface area contributed by atoms with Gasteiger partial charge in [0, 0.05) is 0 Å². The van der Waals surface area contributed by atoms with Gasteiger partial charge in [-0.25, -0.2) is 9.78 Å². The molecule has 0 radical (unpaired) electrons. The van der Waals surface area contributed by atoms with Gasteiger partial charge in [-0.15, -0.1) is 0 Å². The number of aliphatic carboxylic acids is 1. The first kappa shape index (κ1) is 26.8. The normalized spacial score (nSPS) is 19.6. The Labute approximate surface area is 218 Å². The van der Waals surface area contributed by atoms with E-state index in [9.17, 15) is 9.90 Å². The molecule has 4 atom stereocenters. The standard InChI is InChI=1S/C30H35NO6/c1-21-10-6-7-16-26(21)29(28-22(2)36-20-31-28)37-25-15-8-14-24(18-25)35-19-27(30(32)33)34-17-9-13-23-11-4-3-5-12-23/h3-7,9-13,16,20,24-25,27,29H,8,14-15,17-19H2,1-2H3,(H,32,33)/t24-,25+,27?,29?/m1/s1. The van der Waals surface area contributed by atoms with Crippen molar-refractivity contribution in [1.82, 2.24) is 4.98 Å². The van der Waals surface area contributed by atoms with Crippen LogP contribution in [-0.2, 0) is 19.0 Å². The van der Waals surface area contributed by atoms with E-state index in [2.05, 4.69) is 24.0 Å². The lowest BCUT2D eigenvalue weighted by atomic mass is 9.93. The number of hydrogen-bond acceptors (Lipinski definition) is 6. The van der Waals surface area contributed by atoms with Gasteiger partial charge in [0.05, 0.1) is 25.4 Å². The molecule has 1 aliphatic rings. The second kappa shape index (κ2) is 13.3. The number of aromatic nitrogens is 1. The minimum Gasteiger partial charge on any atom is -0.479 e. The fourth-order valence-corrected chi connectivity index (χ4v) is 4.64. The summed E-state index contributed by atoms with van der Waals surface area (Å²) in [6.07, 6.45) is 7.04. The molecule has 0 saturated heterocycles. The first-order chi connectivity index (χ1) is 18.0.